The Bertz CT molecular complexity index is 1200. The number of ether oxygens (including phenoxy) is 1. The summed E-state index contributed by atoms with van der Waals surface area (Å²) < 4.78 is 18.6. The number of rotatable bonds is 10. The normalized spacial score (nSPS) is 17.9. The maximum atomic E-state index is 13.7. The Labute approximate surface area is 232 Å². The van der Waals surface area contributed by atoms with Gasteiger partial charge < -0.3 is 25.4 Å². The van der Waals surface area contributed by atoms with Gasteiger partial charge >= 0.3 is 12.0 Å². The van der Waals surface area contributed by atoms with E-state index in [1.54, 1.807) is 24.3 Å². The average molecular weight is 555 g/mol. The number of aliphatic carboxylic acids is 1. The van der Waals surface area contributed by atoms with Gasteiger partial charge in [0.15, 0.2) is 6.17 Å². The van der Waals surface area contributed by atoms with E-state index in [1.165, 1.54) is 41.2 Å². The third-order valence-electron chi connectivity index (χ3n) is 7.54. The van der Waals surface area contributed by atoms with E-state index in [0.717, 1.165) is 32.1 Å². The first-order chi connectivity index (χ1) is 19.2. The lowest BCUT2D eigenvalue weighted by Crippen LogP contribution is -2.55. The zero-order chi connectivity index (χ0) is 28.6. The lowest BCUT2D eigenvalue weighted by molar-refractivity contribution is -0.142. The SMILES string of the molecule is COc1ccc(NC(=O)N2CCN(C(=O)CCC3CCCC3)C2C(=O)NC(CC(=O)O)c2ccc(F)cc2)cc1. The average Bonchev–Trinajstić information content (AvgIpc) is 3.62. The summed E-state index contributed by atoms with van der Waals surface area (Å²) in [6.45, 7) is 0.285. The molecule has 2 aromatic rings. The number of amides is 4. The summed E-state index contributed by atoms with van der Waals surface area (Å²) in [7, 11) is 1.53. The summed E-state index contributed by atoms with van der Waals surface area (Å²) in [5, 5.41) is 14.9. The lowest BCUT2D eigenvalue weighted by Gasteiger charge is -2.31. The second kappa shape index (κ2) is 13.3. The van der Waals surface area contributed by atoms with Crippen LogP contribution in [0.2, 0.25) is 0 Å². The van der Waals surface area contributed by atoms with Crippen molar-refractivity contribution < 1.29 is 33.4 Å². The summed E-state index contributed by atoms with van der Waals surface area (Å²) in [5.74, 6) is -1.50. The van der Waals surface area contributed by atoms with Crippen molar-refractivity contribution in [1.82, 2.24) is 15.1 Å². The number of carboxylic acid groups (broad SMARTS) is 1. The number of nitrogens with zero attached hydrogens (tertiary/aromatic N) is 2. The van der Waals surface area contributed by atoms with Crippen molar-refractivity contribution in [2.45, 2.75) is 57.2 Å². The smallest absolute Gasteiger partial charge is 0.323 e. The highest BCUT2D eigenvalue weighted by Crippen LogP contribution is 2.30. The number of carboxylic acids is 1. The fourth-order valence-corrected chi connectivity index (χ4v) is 5.39. The number of hydrogen-bond donors (Lipinski definition) is 3. The van der Waals surface area contributed by atoms with Gasteiger partial charge in [-0.1, -0.05) is 37.8 Å². The molecule has 1 aliphatic carbocycles. The van der Waals surface area contributed by atoms with Gasteiger partial charge in [0, 0.05) is 25.2 Å². The molecule has 40 heavy (non-hydrogen) atoms. The maximum absolute atomic E-state index is 13.7. The molecule has 4 rings (SSSR count). The first kappa shape index (κ1) is 28.8. The monoisotopic (exact) mass is 554 g/mol. The molecule has 4 amide bonds. The number of hydrogen-bond acceptors (Lipinski definition) is 5. The highest BCUT2D eigenvalue weighted by molar-refractivity contribution is 5.96. The van der Waals surface area contributed by atoms with Gasteiger partial charge in [0.25, 0.3) is 5.91 Å². The Kier molecular flexibility index (Phi) is 9.57. The molecule has 1 saturated carbocycles. The number of anilines is 1. The largest absolute Gasteiger partial charge is 0.497 e. The number of halogens is 1. The van der Waals surface area contributed by atoms with Crippen LogP contribution in [0.15, 0.2) is 48.5 Å². The molecule has 1 saturated heterocycles. The van der Waals surface area contributed by atoms with Crippen molar-refractivity contribution in [3.8, 4) is 5.75 Å². The number of urea groups is 1. The van der Waals surface area contributed by atoms with E-state index in [9.17, 15) is 28.7 Å². The van der Waals surface area contributed by atoms with Gasteiger partial charge in [-0.25, -0.2) is 9.18 Å². The maximum Gasteiger partial charge on any atom is 0.323 e. The van der Waals surface area contributed by atoms with Gasteiger partial charge in [0.05, 0.1) is 19.6 Å². The fourth-order valence-electron chi connectivity index (χ4n) is 5.39. The summed E-state index contributed by atoms with van der Waals surface area (Å²) in [6, 6.07) is 10.3. The van der Waals surface area contributed by atoms with Crippen LogP contribution >= 0.6 is 0 Å². The molecule has 1 heterocycles. The van der Waals surface area contributed by atoms with Crippen LogP contribution in [0.4, 0.5) is 14.9 Å². The van der Waals surface area contributed by atoms with Gasteiger partial charge in [-0.2, -0.15) is 0 Å². The molecule has 0 spiro atoms. The third-order valence-corrected chi connectivity index (χ3v) is 7.54. The van der Waals surface area contributed by atoms with Crippen LogP contribution in [-0.2, 0) is 14.4 Å². The molecule has 0 aromatic heterocycles. The third kappa shape index (κ3) is 7.28. The van der Waals surface area contributed by atoms with E-state index < -0.39 is 42.4 Å². The molecule has 11 heteroatoms. The molecular weight excluding hydrogens is 519 g/mol. The standard InChI is InChI=1S/C29H35FN4O6/c1-40-23-13-11-22(12-14-23)31-29(39)34-17-16-33(25(35)15-6-19-4-2-3-5-19)28(34)27(38)32-24(18-26(36)37)20-7-9-21(30)10-8-20/h7-14,19,24,28H,2-6,15-18H2,1H3,(H,31,39)(H,32,38)(H,36,37). The molecule has 2 aromatic carbocycles. The van der Waals surface area contributed by atoms with E-state index in [0.29, 0.717) is 22.9 Å². The number of benzene rings is 2. The molecule has 0 radical (unpaired) electrons. The highest BCUT2D eigenvalue weighted by Gasteiger charge is 2.43. The number of methoxy groups -OCH3 is 1. The van der Waals surface area contributed by atoms with Gasteiger partial charge in [-0.3, -0.25) is 19.3 Å². The van der Waals surface area contributed by atoms with E-state index in [-0.39, 0.29) is 25.4 Å². The van der Waals surface area contributed by atoms with Crippen LogP contribution in [0, 0.1) is 11.7 Å². The Balaban J connectivity index is 1.54. The number of carbonyl (C=O) groups excluding carboxylic acids is 3. The van der Waals surface area contributed by atoms with Crippen molar-refractivity contribution in [3.05, 3.63) is 59.9 Å². The molecule has 2 aliphatic rings. The molecule has 2 fully saturated rings. The van der Waals surface area contributed by atoms with Crippen LogP contribution in [0.1, 0.15) is 56.6 Å². The Morgan fingerprint density at radius 2 is 1.65 bits per heavy atom. The summed E-state index contributed by atoms with van der Waals surface area (Å²) in [5.41, 5.74) is 0.870. The topological polar surface area (TPSA) is 128 Å². The van der Waals surface area contributed by atoms with Crippen LogP contribution in [-0.4, -0.2) is 65.1 Å². The van der Waals surface area contributed by atoms with E-state index >= 15 is 0 Å². The zero-order valence-electron chi connectivity index (χ0n) is 22.5. The Hall–Kier alpha value is -4.15. The minimum Gasteiger partial charge on any atom is -0.497 e. The van der Waals surface area contributed by atoms with Gasteiger partial charge in [-0.05, 0) is 54.3 Å². The molecule has 214 valence electrons. The van der Waals surface area contributed by atoms with Gasteiger partial charge in [0.1, 0.15) is 11.6 Å². The second-order valence-electron chi connectivity index (χ2n) is 10.2. The fraction of sp³-hybridized carbons (Fsp3) is 0.448. The van der Waals surface area contributed by atoms with Crippen molar-refractivity contribution in [3.63, 3.8) is 0 Å². The minimum absolute atomic E-state index is 0.120. The van der Waals surface area contributed by atoms with Crippen LogP contribution in [0.25, 0.3) is 0 Å². The molecule has 1 aliphatic heterocycles. The molecule has 0 bridgehead atoms. The molecule has 3 N–H and O–H groups in total. The first-order valence-electron chi connectivity index (χ1n) is 13.5. The summed E-state index contributed by atoms with van der Waals surface area (Å²) in [4.78, 5) is 54.6. The summed E-state index contributed by atoms with van der Waals surface area (Å²) in [6.07, 6.45) is 3.73. The molecular formula is C29H35FN4O6. The lowest BCUT2D eigenvalue weighted by atomic mass is 10.0. The zero-order valence-corrected chi connectivity index (χ0v) is 22.5. The van der Waals surface area contributed by atoms with Gasteiger partial charge in [-0.15, -0.1) is 0 Å². The van der Waals surface area contributed by atoms with Gasteiger partial charge in [0.2, 0.25) is 5.91 Å². The quantitative estimate of drug-likeness (QED) is 0.405. The van der Waals surface area contributed by atoms with E-state index in [2.05, 4.69) is 10.6 Å². The number of carbonyl (C=O) groups is 4. The van der Waals surface area contributed by atoms with Crippen molar-refractivity contribution in [2.75, 3.05) is 25.5 Å². The molecule has 2 atom stereocenters. The second-order valence-corrected chi connectivity index (χ2v) is 10.2. The number of nitrogens with one attached hydrogen (secondary N) is 2. The minimum atomic E-state index is -1.27. The van der Waals surface area contributed by atoms with Crippen molar-refractivity contribution >= 4 is 29.5 Å². The van der Waals surface area contributed by atoms with Crippen LogP contribution in [0.3, 0.4) is 0 Å². The molecule has 2 unspecified atom stereocenters. The predicted molar refractivity (Wildman–Crippen MR) is 145 cm³/mol. The van der Waals surface area contributed by atoms with Crippen molar-refractivity contribution in [1.29, 1.82) is 0 Å². The highest BCUT2D eigenvalue weighted by atomic mass is 19.1. The van der Waals surface area contributed by atoms with Crippen LogP contribution < -0.4 is 15.4 Å². The molecule has 10 nitrogen and oxygen atoms in total. The van der Waals surface area contributed by atoms with E-state index in [4.69, 9.17) is 4.74 Å². The van der Waals surface area contributed by atoms with E-state index in [1.807, 2.05) is 0 Å². The first-order valence-corrected chi connectivity index (χ1v) is 13.5. The van der Waals surface area contributed by atoms with Crippen molar-refractivity contribution in [2.24, 2.45) is 5.92 Å². The Morgan fingerprint density at radius 1 is 1.00 bits per heavy atom. The van der Waals surface area contributed by atoms with Crippen LogP contribution in [0.5, 0.6) is 5.75 Å². The predicted octanol–water partition coefficient (Wildman–Crippen LogP) is 4.14. The Morgan fingerprint density at radius 3 is 2.27 bits per heavy atom. The summed E-state index contributed by atoms with van der Waals surface area (Å²) >= 11 is 0.